The van der Waals surface area contributed by atoms with Gasteiger partial charge in [-0.15, -0.1) is 0 Å². The molecule has 2 aromatic heterocycles. The summed E-state index contributed by atoms with van der Waals surface area (Å²) < 4.78 is 7.50. The lowest BCUT2D eigenvalue weighted by atomic mass is 9.77. The highest BCUT2D eigenvalue weighted by Crippen LogP contribution is 2.36. The molecule has 7 heteroatoms. The number of pyridine rings is 1. The molecule has 1 fully saturated rings. The molecule has 0 unspecified atom stereocenters. The summed E-state index contributed by atoms with van der Waals surface area (Å²) in [5, 5.41) is 3.92. The maximum absolute atomic E-state index is 11.7. The van der Waals surface area contributed by atoms with Gasteiger partial charge in [-0.3, -0.25) is 4.79 Å². The van der Waals surface area contributed by atoms with E-state index in [0.717, 1.165) is 23.7 Å². The summed E-state index contributed by atoms with van der Waals surface area (Å²) in [4.78, 5) is 16.0. The molecule has 3 rings (SSSR count). The Hall–Kier alpha value is -1.47. The van der Waals surface area contributed by atoms with E-state index < -0.39 is 5.54 Å². The number of halogens is 1. The first-order valence-corrected chi connectivity index (χ1v) is 6.84. The molecule has 6 nitrogen and oxygen atoms in total. The van der Waals surface area contributed by atoms with Gasteiger partial charge in [-0.1, -0.05) is 5.16 Å². The van der Waals surface area contributed by atoms with Gasteiger partial charge in [0.15, 0.2) is 5.82 Å². The molecule has 0 spiro atoms. The van der Waals surface area contributed by atoms with Gasteiger partial charge in [0.05, 0.1) is 5.54 Å². The van der Waals surface area contributed by atoms with Gasteiger partial charge in [-0.2, -0.15) is 4.98 Å². The molecule has 100 valence electrons. The van der Waals surface area contributed by atoms with Crippen molar-refractivity contribution >= 4 is 15.9 Å². The maximum Gasteiger partial charge on any atom is 0.251 e. The van der Waals surface area contributed by atoms with E-state index >= 15 is 0 Å². The van der Waals surface area contributed by atoms with Gasteiger partial charge < -0.3 is 14.8 Å². The Bertz CT molecular complexity index is 660. The minimum absolute atomic E-state index is 0.117. The highest BCUT2D eigenvalue weighted by molar-refractivity contribution is 9.10. The standard InChI is InChI=1S/C12H13BrN4O2/c13-8-2-3-10(18)17(6-8)7-9-15-11(16-19-9)12(14)4-1-5-12/h2-3,6H,1,4-5,7,14H2. The predicted octanol–water partition coefficient (Wildman–Crippen LogP) is 1.38. The van der Waals surface area contributed by atoms with Gasteiger partial charge in [0.25, 0.3) is 5.56 Å². The van der Waals surface area contributed by atoms with Crippen molar-refractivity contribution in [1.29, 1.82) is 0 Å². The fraction of sp³-hybridized carbons (Fsp3) is 0.417. The topological polar surface area (TPSA) is 86.9 Å². The second-order valence-corrected chi connectivity index (χ2v) is 5.75. The van der Waals surface area contributed by atoms with Crippen molar-refractivity contribution in [2.75, 3.05) is 0 Å². The molecule has 1 aliphatic rings. The molecule has 1 saturated carbocycles. The van der Waals surface area contributed by atoms with Crippen molar-refractivity contribution in [2.45, 2.75) is 31.3 Å². The van der Waals surface area contributed by atoms with Crippen LogP contribution in [0, 0.1) is 0 Å². The van der Waals surface area contributed by atoms with Crippen molar-refractivity contribution in [1.82, 2.24) is 14.7 Å². The summed E-state index contributed by atoms with van der Waals surface area (Å²) in [6.07, 6.45) is 4.53. The Labute approximate surface area is 117 Å². The third-order valence-electron chi connectivity index (χ3n) is 3.41. The Kier molecular flexibility index (Phi) is 3.02. The summed E-state index contributed by atoms with van der Waals surface area (Å²) in [5.74, 6) is 0.934. The normalized spacial score (nSPS) is 17.2. The minimum atomic E-state index is -0.440. The molecule has 0 saturated heterocycles. The average Bonchev–Trinajstić information content (AvgIpc) is 2.80. The second-order valence-electron chi connectivity index (χ2n) is 4.83. The molecule has 0 aromatic carbocycles. The number of rotatable bonds is 3. The highest BCUT2D eigenvalue weighted by Gasteiger charge is 2.38. The van der Waals surface area contributed by atoms with Crippen LogP contribution < -0.4 is 11.3 Å². The zero-order valence-corrected chi connectivity index (χ0v) is 11.8. The van der Waals surface area contributed by atoms with Crippen LogP contribution in [0.15, 0.2) is 32.1 Å². The highest BCUT2D eigenvalue weighted by atomic mass is 79.9. The predicted molar refractivity (Wildman–Crippen MR) is 71.5 cm³/mol. The molecule has 2 N–H and O–H groups in total. The lowest BCUT2D eigenvalue weighted by molar-refractivity contribution is 0.228. The van der Waals surface area contributed by atoms with Crippen molar-refractivity contribution in [3.63, 3.8) is 0 Å². The van der Waals surface area contributed by atoms with Crippen LogP contribution in [-0.2, 0) is 12.1 Å². The summed E-state index contributed by atoms with van der Waals surface area (Å²) in [6, 6.07) is 3.18. The van der Waals surface area contributed by atoms with Crippen LogP contribution in [0.3, 0.4) is 0 Å². The Balaban J connectivity index is 1.84. The molecule has 2 heterocycles. The van der Waals surface area contributed by atoms with Gasteiger partial charge in [-0.05, 0) is 41.3 Å². The Morgan fingerprint density at radius 1 is 1.47 bits per heavy atom. The molecule has 2 aromatic rings. The van der Waals surface area contributed by atoms with E-state index in [2.05, 4.69) is 26.1 Å². The maximum atomic E-state index is 11.7. The van der Waals surface area contributed by atoms with Gasteiger partial charge in [-0.25, -0.2) is 0 Å². The lowest BCUT2D eigenvalue weighted by Crippen LogP contribution is -2.44. The van der Waals surface area contributed by atoms with Crippen LogP contribution in [0.1, 0.15) is 31.0 Å². The summed E-state index contributed by atoms with van der Waals surface area (Å²) >= 11 is 3.32. The van der Waals surface area contributed by atoms with E-state index in [1.165, 1.54) is 10.6 Å². The van der Waals surface area contributed by atoms with Crippen molar-refractivity contribution in [3.05, 3.63) is 44.9 Å². The van der Waals surface area contributed by atoms with Crippen LogP contribution in [0.25, 0.3) is 0 Å². The monoisotopic (exact) mass is 324 g/mol. The SMILES string of the molecule is NC1(c2noc(Cn3cc(Br)ccc3=O)n2)CCC1. The fourth-order valence-corrected chi connectivity index (χ4v) is 2.45. The van der Waals surface area contributed by atoms with E-state index in [-0.39, 0.29) is 12.1 Å². The first kappa shape index (κ1) is 12.6. The minimum Gasteiger partial charge on any atom is -0.337 e. The third-order valence-corrected chi connectivity index (χ3v) is 3.88. The van der Waals surface area contributed by atoms with Crippen LogP contribution >= 0.6 is 15.9 Å². The van der Waals surface area contributed by atoms with Crippen LogP contribution in [-0.4, -0.2) is 14.7 Å². The summed E-state index contributed by atoms with van der Waals surface area (Å²) in [6.45, 7) is 0.251. The Morgan fingerprint density at radius 3 is 2.95 bits per heavy atom. The molecule has 19 heavy (non-hydrogen) atoms. The van der Waals surface area contributed by atoms with E-state index in [0.29, 0.717) is 11.7 Å². The number of hydrogen-bond donors (Lipinski definition) is 1. The van der Waals surface area contributed by atoms with Crippen molar-refractivity contribution in [2.24, 2.45) is 5.73 Å². The fourth-order valence-electron chi connectivity index (χ4n) is 2.07. The molecular formula is C12H13BrN4O2. The van der Waals surface area contributed by atoms with Crippen molar-refractivity contribution in [3.8, 4) is 0 Å². The van der Waals surface area contributed by atoms with E-state index in [1.54, 1.807) is 12.3 Å². The van der Waals surface area contributed by atoms with Gasteiger partial charge in [0.1, 0.15) is 6.54 Å². The van der Waals surface area contributed by atoms with E-state index in [9.17, 15) is 4.79 Å². The largest absolute Gasteiger partial charge is 0.337 e. The van der Waals surface area contributed by atoms with Crippen LogP contribution in [0.4, 0.5) is 0 Å². The lowest BCUT2D eigenvalue weighted by Gasteiger charge is -2.34. The molecule has 0 radical (unpaired) electrons. The van der Waals surface area contributed by atoms with Gasteiger partial charge >= 0.3 is 0 Å². The molecule has 0 amide bonds. The molecule has 0 aliphatic heterocycles. The van der Waals surface area contributed by atoms with Gasteiger partial charge in [0, 0.05) is 16.7 Å². The average molecular weight is 325 g/mol. The smallest absolute Gasteiger partial charge is 0.251 e. The number of nitrogens with two attached hydrogens (primary N) is 1. The zero-order chi connectivity index (χ0) is 13.5. The van der Waals surface area contributed by atoms with Crippen LogP contribution in [0.2, 0.25) is 0 Å². The van der Waals surface area contributed by atoms with Crippen LogP contribution in [0.5, 0.6) is 0 Å². The summed E-state index contributed by atoms with van der Waals surface area (Å²) in [5.41, 5.74) is 5.57. The van der Waals surface area contributed by atoms with Gasteiger partial charge in [0.2, 0.25) is 5.89 Å². The van der Waals surface area contributed by atoms with E-state index in [1.807, 2.05) is 0 Å². The second kappa shape index (κ2) is 4.57. The van der Waals surface area contributed by atoms with E-state index in [4.69, 9.17) is 10.3 Å². The number of hydrogen-bond acceptors (Lipinski definition) is 5. The third kappa shape index (κ3) is 2.35. The molecule has 0 bridgehead atoms. The molecule has 0 atom stereocenters. The van der Waals surface area contributed by atoms with Crippen molar-refractivity contribution < 1.29 is 4.52 Å². The first-order chi connectivity index (χ1) is 9.07. The first-order valence-electron chi connectivity index (χ1n) is 6.05. The summed E-state index contributed by atoms with van der Waals surface area (Å²) in [7, 11) is 0. The molecular weight excluding hydrogens is 312 g/mol. The Morgan fingerprint density at radius 2 is 2.26 bits per heavy atom. The number of nitrogens with zero attached hydrogens (tertiary/aromatic N) is 3. The number of aromatic nitrogens is 3. The zero-order valence-electron chi connectivity index (χ0n) is 10.2. The molecule has 1 aliphatic carbocycles. The quantitative estimate of drug-likeness (QED) is 0.921.